The first-order valence-corrected chi connectivity index (χ1v) is 3.16. The minimum atomic E-state index is -0.203. The second kappa shape index (κ2) is 3.44. The Balaban J connectivity index is 0.000000720. The molecule has 0 fully saturated rings. The van der Waals surface area contributed by atoms with Crippen molar-refractivity contribution in [1.29, 1.82) is 0 Å². The maximum atomic E-state index is 10.7. The first-order valence-electron chi connectivity index (χ1n) is 3.16. The molecule has 0 saturated carbocycles. The maximum Gasteiger partial charge on any atom is 0.266 e. The van der Waals surface area contributed by atoms with E-state index in [1.807, 2.05) is 0 Å². The summed E-state index contributed by atoms with van der Waals surface area (Å²) in [5, 5.41) is 0. The molecule has 62 valence electrons. The van der Waals surface area contributed by atoms with Crippen LogP contribution in [0.2, 0.25) is 0 Å². The third-order valence-electron chi connectivity index (χ3n) is 1.35. The van der Waals surface area contributed by atoms with E-state index in [1.54, 1.807) is 18.3 Å². The van der Waals surface area contributed by atoms with E-state index in [1.165, 1.54) is 6.20 Å². The van der Waals surface area contributed by atoms with Gasteiger partial charge in [0.15, 0.2) is 5.65 Å². The highest BCUT2D eigenvalue weighted by Crippen LogP contribution is 1.98. The summed E-state index contributed by atoms with van der Waals surface area (Å²) >= 11 is 0. The lowest BCUT2D eigenvalue weighted by atomic mass is 10.4. The van der Waals surface area contributed by atoms with Crippen LogP contribution in [0.3, 0.4) is 0 Å². The van der Waals surface area contributed by atoms with Crippen molar-refractivity contribution in [2.24, 2.45) is 0 Å². The van der Waals surface area contributed by atoms with E-state index in [-0.39, 0.29) is 22.5 Å². The van der Waals surface area contributed by atoms with E-state index in [0.717, 1.165) is 0 Å². The molecule has 2 aromatic rings. The van der Waals surface area contributed by atoms with Crippen LogP contribution in [-0.2, 0) is 0 Å². The Bertz CT molecular complexity index is 440. The van der Waals surface area contributed by atoms with Gasteiger partial charge in [0.2, 0.25) is 0 Å². The van der Waals surface area contributed by atoms with Gasteiger partial charge in [0.05, 0.1) is 11.7 Å². The van der Waals surface area contributed by atoms with Crippen molar-refractivity contribution < 1.29 is 0 Å². The molecule has 2 heterocycles. The molecule has 4 nitrogen and oxygen atoms in total. The van der Waals surface area contributed by atoms with Crippen LogP contribution >= 0.6 is 17.0 Å². The molecule has 0 spiro atoms. The molecule has 5 heteroatoms. The van der Waals surface area contributed by atoms with Gasteiger partial charge >= 0.3 is 0 Å². The number of aromatic amines is 1. The quantitative estimate of drug-likeness (QED) is 0.728. The van der Waals surface area contributed by atoms with Gasteiger partial charge in [-0.25, -0.2) is 9.97 Å². The van der Waals surface area contributed by atoms with Crippen LogP contribution in [-0.4, -0.2) is 15.0 Å². The smallest absolute Gasteiger partial charge is 0.266 e. The summed E-state index contributed by atoms with van der Waals surface area (Å²) in [5.41, 5.74) is 1.03. The Hall–Kier alpha value is -1.23. The van der Waals surface area contributed by atoms with Crippen molar-refractivity contribution in [2.75, 3.05) is 0 Å². The maximum absolute atomic E-state index is 10.7. The molecule has 2 aromatic heterocycles. The van der Waals surface area contributed by atoms with Crippen molar-refractivity contribution in [3.63, 3.8) is 0 Å². The van der Waals surface area contributed by atoms with Gasteiger partial charge in [-0.1, -0.05) is 0 Å². The van der Waals surface area contributed by atoms with Crippen molar-refractivity contribution in [1.82, 2.24) is 15.0 Å². The zero-order chi connectivity index (χ0) is 7.68. The molecule has 12 heavy (non-hydrogen) atoms. The highest BCUT2D eigenvalue weighted by Gasteiger charge is 1.92. The summed E-state index contributed by atoms with van der Waals surface area (Å²) in [4.78, 5) is 21.1. The molecule has 0 radical (unpaired) electrons. The predicted molar refractivity (Wildman–Crippen MR) is 50.5 cm³/mol. The number of pyridine rings is 1. The Morgan fingerprint density at radius 1 is 1.33 bits per heavy atom. The van der Waals surface area contributed by atoms with Crippen molar-refractivity contribution in [3.05, 3.63) is 34.9 Å². The molecule has 0 saturated heterocycles. The molecule has 0 aromatic carbocycles. The van der Waals surface area contributed by atoms with E-state index in [4.69, 9.17) is 0 Å². The second-order valence-electron chi connectivity index (χ2n) is 2.12. The number of nitrogens with zero attached hydrogens (tertiary/aromatic N) is 2. The fourth-order valence-electron chi connectivity index (χ4n) is 0.882. The fourth-order valence-corrected chi connectivity index (χ4v) is 0.882. The number of aromatic nitrogens is 3. The third kappa shape index (κ3) is 1.50. The highest BCUT2D eigenvalue weighted by atomic mass is 79.9. The lowest BCUT2D eigenvalue weighted by Gasteiger charge is -1.91. The molecule has 0 aliphatic heterocycles. The third-order valence-corrected chi connectivity index (χ3v) is 1.35. The van der Waals surface area contributed by atoms with Crippen LogP contribution in [0, 0.1) is 0 Å². The van der Waals surface area contributed by atoms with Gasteiger partial charge in [0, 0.05) is 6.20 Å². The molecule has 0 unspecified atom stereocenters. The lowest BCUT2D eigenvalue weighted by molar-refractivity contribution is 1.17. The molecule has 0 aliphatic carbocycles. The van der Waals surface area contributed by atoms with Gasteiger partial charge in [-0.2, -0.15) is 0 Å². The Labute approximate surface area is 78.4 Å². The van der Waals surface area contributed by atoms with Gasteiger partial charge < -0.3 is 4.98 Å². The predicted octanol–water partition coefficient (Wildman–Crippen LogP) is 0.896. The SMILES string of the molecule is Br.O=c1cnc2ncccc2[nH]1. The fraction of sp³-hybridized carbons (Fsp3) is 0. The number of fused-ring (bicyclic) bond motifs is 1. The minimum Gasteiger partial charge on any atom is -0.318 e. The number of nitrogens with one attached hydrogen (secondary N) is 1. The number of H-pyrrole nitrogens is 1. The summed E-state index contributed by atoms with van der Waals surface area (Å²) in [6.07, 6.45) is 2.85. The normalized spacial score (nSPS) is 9.33. The van der Waals surface area contributed by atoms with Crippen LogP contribution in [0.25, 0.3) is 11.2 Å². The largest absolute Gasteiger partial charge is 0.318 e. The first kappa shape index (κ1) is 8.86. The Kier molecular flexibility index (Phi) is 2.54. The molecule has 2 rings (SSSR count). The topological polar surface area (TPSA) is 58.6 Å². The Morgan fingerprint density at radius 3 is 3.00 bits per heavy atom. The van der Waals surface area contributed by atoms with Gasteiger partial charge in [-0.05, 0) is 12.1 Å². The van der Waals surface area contributed by atoms with Crippen molar-refractivity contribution >= 4 is 28.1 Å². The van der Waals surface area contributed by atoms with Gasteiger partial charge in [0.1, 0.15) is 0 Å². The summed E-state index contributed by atoms with van der Waals surface area (Å²) in [7, 11) is 0. The summed E-state index contributed by atoms with van der Waals surface area (Å²) in [6, 6.07) is 3.51. The Morgan fingerprint density at radius 2 is 2.17 bits per heavy atom. The minimum absolute atomic E-state index is 0. The number of hydrogen-bond donors (Lipinski definition) is 1. The molecule has 0 atom stereocenters. The lowest BCUT2D eigenvalue weighted by Crippen LogP contribution is -2.05. The average Bonchev–Trinajstić information content (AvgIpc) is 2.04. The summed E-state index contributed by atoms with van der Waals surface area (Å²) < 4.78 is 0. The van der Waals surface area contributed by atoms with Crippen LogP contribution in [0.4, 0.5) is 0 Å². The molecule has 1 N–H and O–H groups in total. The standard InChI is InChI=1S/C7H5N3O.BrH/c11-6-4-9-7-5(10-6)2-1-3-8-7;/h1-4H,(H,10,11);1H. The van der Waals surface area contributed by atoms with Gasteiger partial charge in [-0.15, -0.1) is 17.0 Å². The van der Waals surface area contributed by atoms with E-state index in [0.29, 0.717) is 11.2 Å². The molecular formula is C7H6BrN3O. The number of hydrogen-bond acceptors (Lipinski definition) is 3. The van der Waals surface area contributed by atoms with Gasteiger partial charge in [-0.3, -0.25) is 4.79 Å². The molecule has 0 bridgehead atoms. The number of halogens is 1. The van der Waals surface area contributed by atoms with Crippen molar-refractivity contribution in [3.8, 4) is 0 Å². The zero-order valence-electron chi connectivity index (χ0n) is 6.02. The van der Waals surface area contributed by atoms with Crippen LogP contribution in [0.1, 0.15) is 0 Å². The molecular weight excluding hydrogens is 222 g/mol. The van der Waals surface area contributed by atoms with Crippen molar-refractivity contribution in [2.45, 2.75) is 0 Å². The van der Waals surface area contributed by atoms with E-state index < -0.39 is 0 Å². The summed E-state index contributed by atoms with van der Waals surface area (Å²) in [6.45, 7) is 0. The van der Waals surface area contributed by atoms with E-state index in [2.05, 4.69) is 15.0 Å². The molecule has 0 aliphatic rings. The summed E-state index contributed by atoms with van der Waals surface area (Å²) in [5.74, 6) is 0. The molecule has 0 amide bonds. The van der Waals surface area contributed by atoms with Crippen LogP contribution < -0.4 is 5.56 Å². The second-order valence-corrected chi connectivity index (χ2v) is 2.12. The van der Waals surface area contributed by atoms with Crippen LogP contribution in [0.15, 0.2) is 29.3 Å². The number of rotatable bonds is 0. The van der Waals surface area contributed by atoms with E-state index in [9.17, 15) is 4.79 Å². The van der Waals surface area contributed by atoms with Gasteiger partial charge in [0.25, 0.3) is 5.56 Å². The first-order chi connectivity index (χ1) is 5.36. The van der Waals surface area contributed by atoms with Crippen LogP contribution in [0.5, 0.6) is 0 Å². The zero-order valence-corrected chi connectivity index (χ0v) is 7.73. The van der Waals surface area contributed by atoms with E-state index >= 15 is 0 Å². The monoisotopic (exact) mass is 227 g/mol. The highest BCUT2D eigenvalue weighted by molar-refractivity contribution is 8.93. The average molecular weight is 228 g/mol.